The van der Waals surface area contributed by atoms with Crippen LogP contribution in [0.25, 0.3) is 21.8 Å². The molecule has 4 rings (SSSR count). The number of H-pyrrole nitrogens is 2. The maximum absolute atomic E-state index is 13.1. The third kappa shape index (κ3) is 2.73. The van der Waals surface area contributed by atoms with Gasteiger partial charge < -0.3 is 20.8 Å². The summed E-state index contributed by atoms with van der Waals surface area (Å²) in [5.41, 5.74) is 5.55. The van der Waals surface area contributed by atoms with Crippen LogP contribution < -0.4 is 11.3 Å². The first-order valence-corrected chi connectivity index (χ1v) is 10.2. The first kappa shape index (κ1) is 18.0. The third-order valence-electron chi connectivity index (χ3n) is 5.10. The van der Waals surface area contributed by atoms with Crippen molar-refractivity contribution >= 4 is 49.2 Å². The van der Waals surface area contributed by atoms with Gasteiger partial charge in [0.05, 0.1) is 26.2 Å². The topological polar surface area (TPSA) is 146 Å². The minimum absolute atomic E-state index is 0.0228. The zero-order chi connectivity index (χ0) is 19.5. The average Bonchev–Trinajstić information content (AvgIpc) is 3.21. The summed E-state index contributed by atoms with van der Waals surface area (Å²) in [6.45, 7) is 0. The molecule has 3 aromatic rings. The second-order valence-electron chi connectivity index (χ2n) is 6.78. The van der Waals surface area contributed by atoms with Crippen molar-refractivity contribution in [2.75, 3.05) is 0 Å². The van der Waals surface area contributed by atoms with Crippen molar-refractivity contribution in [2.45, 2.75) is 35.4 Å². The van der Waals surface area contributed by atoms with Crippen LogP contribution in [0.5, 0.6) is 0 Å². The average molecular weight is 410 g/mol. The lowest BCUT2D eigenvalue weighted by Crippen LogP contribution is -2.22. The van der Waals surface area contributed by atoms with Crippen molar-refractivity contribution in [1.82, 2.24) is 9.97 Å². The van der Waals surface area contributed by atoms with Crippen LogP contribution in [0.3, 0.4) is 0 Å². The number of sulfone groups is 1. The molecule has 0 spiro atoms. The molecular formula is C17H16ClN3O5S. The van der Waals surface area contributed by atoms with Gasteiger partial charge in [0.2, 0.25) is 0 Å². The first-order chi connectivity index (χ1) is 12.7. The van der Waals surface area contributed by atoms with Crippen molar-refractivity contribution in [2.24, 2.45) is 5.73 Å². The molecule has 0 amide bonds. The van der Waals surface area contributed by atoms with Crippen LogP contribution in [-0.2, 0) is 9.84 Å². The second kappa shape index (κ2) is 6.08. The van der Waals surface area contributed by atoms with Crippen LogP contribution in [0.2, 0.25) is 5.02 Å². The van der Waals surface area contributed by atoms with Gasteiger partial charge in [-0.1, -0.05) is 11.6 Å². The quantitative estimate of drug-likeness (QED) is 0.520. The predicted molar refractivity (Wildman–Crippen MR) is 101 cm³/mol. The highest BCUT2D eigenvalue weighted by Crippen LogP contribution is 2.36. The minimum atomic E-state index is -3.75. The summed E-state index contributed by atoms with van der Waals surface area (Å²) in [4.78, 5) is 28.9. The molecule has 1 aliphatic carbocycles. The van der Waals surface area contributed by atoms with Crippen molar-refractivity contribution in [3.63, 3.8) is 0 Å². The van der Waals surface area contributed by atoms with Crippen LogP contribution in [0.1, 0.15) is 29.6 Å². The number of carboxylic acids is 1. The van der Waals surface area contributed by atoms with E-state index in [2.05, 4.69) is 9.97 Å². The molecule has 0 aliphatic heterocycles. The zero-order valence-electron chi connectivity index (χ0n) is 14.0. The molecule has 2 unspecified atom stereocenters. The summed E-state index contributed by atoms with van der Waals surface area (Å²) >= 11 is 6.23. The monoisotopic (exact) mass is 409 g/mol. The summed E-state index contributed by atoms with van der Waals surface area (Å²) in [6, 6.07) is 2.52. The fourth-order valence-electron chi connectivity index (χ4n) is 3.75. The summed E-state index contributed by atoms with van der Waals surface area (Å²) in [6.07, 6.45) is 2.62. The number of benzene rings is 1. The molecule has 1 aliphatic rings. The zero-order valence-corrected chi connectivity index (χ0v) is 15.5. The molecule has 2 aromatic heterocycles. The van der Waals surface area contributed by atoms with Gasteiger partial charge in [-0.25, -0.2) is 13.2 Å². The number of halogens is 1. The van der Waals surface area contributed by atoms with E-state index in [1.54, 1.807) is 0 Å². The van der Waals surface area contributed by atoms with Gasteiger partial charge in [0.25, 0.3) is 5.56 Å². The number of fused-ring (bicyclic) bond motifs is 3. The molecule has 0 bridgehead atoms. The number of hydrogen-bond acceptors (Lipinski definition) is 5. The Hall–Kier alpha value is -2.36. The van der Waals surface area contributed by atoms with Crippen LogP contribution in [0.15, 0.2) is 28.0 Å². The van der Waals surface area contributed by atoms with E-state index in [1.807, 2.05) is 0 Å². The second-order valence-corrected chi connectivity index (χ2v) is 9.38. The molecule has 10 heteroatoms. The van der Waals surface area contributed by atoms with Gasteiger partial charge in [-0.3, -0.25) is 4.79 Å². The first-order valence-electron chi connectivity index (χ1n) is 8.29. The number of pyridine rings is 1. The smallest absolute Gasteiger partial charge is 0.337 e. The van der Waals surface area contributed by atoms with Crippen molar-refractivity contribution in [1.29, 1.82) is 0 Å². The summed E-state index contributed by atoms with van der Waals surface area (Å²) in [7, 11) is -3.75. The normalized spacial score (nSPS) is 20.5. The molecule has 142 valence electrons. The highest BCUT2D eigenvalue weighted by atomic mass is 35.5. The Bertz CT molecular complexity index is 1260. The van der Waals surface area contributed by atoms with Gasteiger partial charge in [-0.15, -0.1) is 0 Å². The van der Waals surface area contributed by atoms with Crippen molar-refractivity contribution in [3.05, 3.63) is 39.3 Å². The molecule has 2 heterocycles. The number of carbonyl (C=O) groups is 1. The lowest BCUT2D eigenvalue weighted by Gasteiger charge is -2.14. The van der Waals surface area contributed by atoms with Gasteiger partial charge in [0.1, 0.15) is 5.52 Å². The Kier molecular flexibility index (Phi) is 4.06. The highest BCUT2D eigenvalue weighted by Gasteiger charge is 2.35. The molecule has 27 heavy (non-hydrogen) atoms. The minimum Gasteiger partial charge on any atom is -0.478 e. The van der Waals surface area contributed by atoms with E-state index in [1.165, 1.54) is 18.3 Å². The number of nitrogens with one attached hydrogen (secondary N) is 2. The number of aromatic amines is 2. The number of rotatable bonds is 3. The standard InChI is InChI=1S/C17H16ClN3O5S/c18-11-5-12-9(4-13(11)27(25,26)8-2-1-7(19)3-8)14-10(17(23)24)6-20-15(14)16(22)21-12/h4-8,20H,1-3,19H2,(H,21,22)(H,23,24). The van der Waals surface area contributed by atoms with Crippen LogP contribution >= 0.6 is 11.6 Å². The Morgan fingerprint density at radius 1 is 1.30 bits per heavy atom. The van der Waals surface area contributed by atoms with Gasteiger partial charge >= 0.3 is 5.97 Å². The number of aromatic nitrogens is 2. The summed E-state index contributed by atoms with van der Waals surface area (Å²) in [5.74, 6) is -1.23. The third-order valence-corrected chi connectivity index (χ3v) is 7.78. The maximum atomic E-state index is 13.1. The highest BCUT2D eigenvalue weighted by molar-refractivity contribution is 7.92. The molecular weight excluding hydrogens is 394 g/mol. The number of aromatic carboxylic acids is 1. The largest absolute Gasteiger partial charge is 0.478 e. The molecule has 2 atom stereocenters. The van der Waals surface area contributed by atoms with E-state index in [0.717, 1.165) is 0 Å². The molecule has 1 aromatic carbocycles. The van der Waals surface area contributed by atoms with E-state index in [-0.39, 0.29) is 37.9 Å². The van der Waals surface area contributed by atoms with Gasteiger partial charge in [-0.2, -0.15) is 0 Å². The number of nitrogens with two attached hydrogens (primary N) is 1. The molecule has 8 nitrogen and oxygen atoms in total. The van der Waals surface area contributed by atoms with E-state index in [0.29, 0.717) is 24.6 Å². The molecule has 1 saturated carbocycles. The Morgan fingerprint density at radius 3 is 2.67 bits per heavy atom. The summed E-state index contributed by atoms with van der Waals surface area (Å²) < 4.78 is 26.1. The van der Waals surface area contributed by atoms with Crippen molar-refractivity contribution in [3.8, 4) is 0 Å². The van der Waals surface area contributed by atoms with Gasteiger partial charge in [0, 0.05) is 23.0 Å². The van der Waals surface area contributed by atoms with Crippen LogP contribution in [0, 0.1) is 0 Å². The predicted octanol–water partition coefficient (Wildman–Crippen LogP) is 2.01. The molecule has 5 N–H and O–H groups in total. The van der Waals surface area contributed by atoms with Gasteiger partial charge in [-0.05, 0) is 31.4 Å². The van der Waals surface area contributed by atoms with E-state index in [4.69, 9.17) is 17.3 Å². The lowest BCUT2D eigenvalue weighted by molar-refractivity contribution is 0.0699. The van der Waals surface area contributed by atoms with E-state index >= 15 is 0 Å². The van der Waals surface area contributed by atoms with Crippen LogP contribution in [0.4, 0.5) is 0 Å². The lowest BCUT2D eigenvalue weighted by atomic mass is 10.1. The van der Waals surface area contributed by atoms with E-state index in [9.17, 15) is 23.1 Å². The molecule has 0 radical (unpaired) electrons. The Balaban J connectivity index is 2.04. The Morgan fingerprint density at radius 2 is 2.04 bits per heavy atom. The molecule has 0 saturated heterocycles. The SMILES string of the molecule is NC1CCC(S(=O)(=O)c2cc3c(cc2Cl)[nH]c(=O)c2[nH]cc(C(=O)O)c23)C1. The fraction of sp³-hybridized carbons (Fsp3) is 0.294. The fourth-order valence-corrected chi connectivity index (χ4v) is 6.16. The molecule has 1 fully saturated rings. The number of carboxylic acid groups (broad SMARTS) is 1. The summed E-state index contributed by atoms with van der Waals surface area (Å²) in [5, 5.41) is 9.21. The Labute approximate surface area is 158 Å². The van der Waals surface area contributed by atoms with Crippen LogP contribution in [-0.4, -0.2) is 40.8 Å². The number of hydrogen-bond donors (Lipinski definition) is 4. The van der Waals surface area contributed by atoms with Gasteiger partial charge in [0.15, 0.2) is 9.84 Å². The van der Waals surface area contributed by atoms with E-state index < -0.39 is 26.6 Å². The maximum Gasteiger partial charge on any atom is 0.337 e. The van der Waals surface area contributed by atoms with Crippen molar-refractivity contribution < 1.29 is 18.3 Å².